The molecule has 17 heavy (non-hydrogen) atoms. The van der Waals surface area contributed by atoms with Gasteiger partial charge in [-0.25, -0.2) is 9.78 Å². The first-order valence-electron chi connectivity index (χ1n) is 5.48. The van der Waals surface area contributed by atoms with E-state index >= 15 is 0 Å². The van der Waals surface area contributed by atoms with Gasteiger partial charge in [0.25, 0.3) is 0 Å². The number of H-pyrrole nitrogens is 1. The van der Waals surface area contributed by atoms with Gasteiger partial charge in [-0.1, -0.05) is 0 Å². The lowest BCUT2D eigenvalue weighted by Gasteiger charge is -2.19. The number of nitrogens with two attached hydrogens (primary N) is 1. The van der Waals surface area contributed by atoms with Gasteiger partial charge in [-0.2, -0.15) is 5.10 Å². The van der Waals surface area contributed by atoms with E-state index < -0.39 is 11.7 Å². The Morgan fingerprint density at radius 3 is 2.76 bits per heavy atom. The summed E-state index contributed by atoms with van der Waals surface area (Å²) in [6.45, 7) is 6.20. The first-order valence-corrected chi connectivity index (χ1v) is 5.48. The third-order valence-electron chi connectivity index (χ3n) is 1.79. The van der Waals surface area contributed by atoms with E-state index in [0.717, 1.165) is 0 Å². The van der Waals surface area contributed by atoms with Crippen LogP contribution in [0.15, 0.2) is 0 Å². The predicted octanol–water partition coefficient (Wildman–Crippen LogP) is 0.331. The fourth-order valence-corrected chi connectivity index (χ4v) is 1.13. The summed E-state index contributed by atoms with van der Waals surface area (Å²) in [4.78, 5) is 15.4. The fourth-order valence-electron chi connectivity index (χ4n) is 1.13. The maximum Gasteiger partial charge on any atom is 0.407 e. The molecule has 0 atom stereocenters. The number of carbonyl (C=O) groups is 1. The largest absolute Gasteiger partial charge is 0.444 e. The third-order valence-corrected chi connectivity index (χ3v) is 1.79. The molecular formula is C10H19N5O2. The first-order chi connectivity index (χ1) is 7.90. The maximum absolute atomic E-state index is 11.3. The number of nitrogens with one attached hydrogen (secondary N) is 2. The average Bonchev–Trinajstić information content (AvgIpc) is 2.63. The Labute approximate surface area is 100 Å². The highest BCUT2D eigenvalue weighted by Crippen LogP contribution is 2.06. The lowest BCUT2D eigenvalue weighted by Crippen LogP contribution is -2.33. The zero-order valence-electron chi connectivity index (χ0n) is 10.4. The normalized spacial score (nSPS) is 11.3. The SMILES string of the molecule is CC(C)(C)OC(=O)NCCc1n[nH]c(CN)n1. The van der Waals surface area contributed by atoms with Crippen molar-refractivity contribution in [2.45, 2.75) is 39.3 Å². The Balaban J connectivity index is 2.26. The monoisotopic (exact) mass is 241 g/mol. The minimum Gasteiger partial charge on any atom is -0.444 e. The molecule has 0 radical (unpaired) electrons. The van der Waals surface area contributed by atoms with Gasteiger partial charge in [-0.3, -0.25) is 5.10 Å². The minimum atomic E-state index is -0.485. The number of alkyl carbamates (subject to hydrolysis) is 1. The molecule has 4 N–H and O–H groups in total. The van der Waals surface area contributed by atoms with Crippen LogP contribution in [0.5, 0.6) is 0 Å². The molecule has 0 bridgehead atoms. The van der Waals surface area contributed by atoms with Crippen molar-refractivity contribution in [1.82, 2.24) is 20.5 Å². The molecule has 7 nitrogen and oxygen atoms in total. The van der Waals surface area contributed by atoms with Crippen molar-refractivity contribution in [3.63, 3.8) is 0 Å². The second kappa shape index (κ2) is 5.62. The molecule has 7 heteroatoms. The molecule has 1 rings (SSSR count). The second-order valence-corrected chi connectivity index (χ2v) is 4.58. The van der Waals surface area contributed by atoms with Crippen LogP contribution in [-0.4, -0.2) is 33.4 Å². The number of aromatic amines is 1. The van der Waals surface area contributed by atoms with Crippen LogP contribution in [0, 0.1) is 0 Å². The summed E-state index contributed by atoms with van der Waals surface area (Å²) >= 11 is 0. The van der Waals surface area contributed by atoms with Crippen molar-refractivity contribution in [2.75, 3.05) is 6.54 Å². The number of nitrogens with zero attached hydrogens (tertiary/aromatic N) is 2. The topological polar surface area (TPSA) is 106 Å². The highest BCUT2D eigenvalue weighted by atomic mass is 16.6. The summed E-state index contributed by atoms with van der Waals surface area (Å²) in [5, 5.41) is 9.28. The van der Waals surface area contributed by atoms with Crippen molar-refractivity contribution < 1.29 is 9.53 Å². The zero-order chi connectivity index (χ0) is 12.9. The maximum atomic E-state index is 11.3. The van der Waals surface area contributed by atoms with E-state index in [9.17, 15) is 4.79 Å². The van der Waals surface area contributed by atoms with Crippen LogP contribution < -0.4 is 11.1 Å². The number of amides is 1. The Morgan fingerprint density at radius 2 is 2.24 bits per heavy atom. The van der Waals surface area contributed by atoms with Crippen molar-refractivity contribution in [2.24, 2.45) is 5.73 Å². The van der Waals surface area contributed by atoms with Crippen molar-refractivity contribution in [3.8, 4) is 0 Å². The molecule has 0 aliphatic carbocycles. The summed E-state index contributed by atoms with van der Waals surface area (Å²) < 4.78 is 5.08. The Bertz CT molecular complexity index is 369. The van der Waals surface area contributed by atoms with Gasteiger partial charge in [0.05, 0.1) is 6.54 Å². The molecule has 96 valence electrons. The van der Waals surface area contributed by atoms with E-state index in [1.165, 1.54) is 0 Å². The van der Waals surface area contributed by atoms with Crippen LogP contribution >= 0.6 is 0 Å². The molecule has 0 aliphatic heterocycles. The van der Waals surface area contributed by atoms with Crippen LogP contribution in [0.4, 0.5) is 4.79 Å². The fraction of sp³-hybridized carbons (Fsp3) is 0.700. The van der Waals surface area contributed by atoms with Crippen molar-refractivity contribution >= 4 is 6.09 Å². The molecule has 0 unspecified atom stereocenters. The van der Waals surface area contributed by atoms with Crippen LogP contribution in [0.2, 0.25) is 0 Å². The smallest absolute Gasteiger partial charge is 0.407 e. The third kappa shape index (κ3) is 5.30. The molecule has 0 spiro atoms. The number of rotatable bonds is 4. The molecule has 1 heterocycles. The molecule has 0 saturated heterocycles. The number of aromatic nitrogens is 3. The molecule has 1 aromatic heterocycles. The van der Waals surface area contributed by atoms with Gasteiger partial charge in [0.1, 0.15) is 11.4 Å². The van der Waals surface area contributed by atoms with Gasteiger partial charge in [-0.15, -0.1) is 0 Å². The highest BCUT2D eigenvalue weighted by molar-refractivity contribution is 5.67. The summed E-state index contributed by atoms with van der Waals surface area (Å²) in [7, 11) is 0. The number of ether oxygens (including phenoxy) is 1. The van der Waals surface area contributed by atoms with E-state index in [1.54, 1.807) is 0 Å². The summed E-state index contributed by atoms with van der Waals surface area (Å²) in [5.41, 5.74) is 4.90. The summed E-state index contributed by atoms with van der Waals surface area (Å²) in [6.07, 6.45) is 0.0996. The number of hydrogen-bond acceptors (Lipinski definition) is 5. The zero-order valence-corrected chi connectivity index (χ0v) is 10.4. The Hall–Kier alpha value is -1.63. The van der Waals surface area contributed by atoms with Gasteiger partial charge in [0.2, 0.25) is 0 Å². The van der Waals surface area contributed by atoms with Gasteiger partial charge >= 0.3 is 6.09 Å². The molecule has 0 aliphatic rings. The summed E-state index contributed by atoms with van der Waals surface area (Å²) in [5.74, 6) is 1.26. The van der Waals surface area contributed by atoms with Crippen molar-refractivity contribution in [1.29, 1.82) is 0 Å². The van der Waals surface area contributed by atoms with Crippen LogP contribution in [0.1, 0.15) is 32.4 Å². The molecule has 1 aromatic rings. The van der Waals surface area contributed by atoms with Crippen molar-refractivity contribution in [3.05, 3.63) is 11.6 Å². The quantitative estimate of drug-likeness (QED) is 0.704. The minimum absolute atomic E-state index is 0.326. The lowest BCUT2D eigenvalue weighted by molar-refractivity contribution is 0.0528. The van der Waals surface area contributed by atoms with Gasteiger partial charge in [-0.05, 0) is 20.8 Å². The van der Waals surface area contributed by atoms with E-state index in [2.05, 4.69) is 20.5 Å². The van der Waals surface area contributed by atoms with Crippen LogP contribution in [-0.2, 0) is 17.7 Å². The van der Waals surface area contributed by atoms with E-state index in [1.807, 2.05) is 20.8 Å². The van der Waals surface area contributed by atoms with Gasteiger partial charge in [0.15, 0.2) is 5.82 Å². The predicted molar refractivity (Wildman–Crippen MR) is 62.2 cm³/mol. The first kappa shape index (κ1) is 13.4. The van der Waals surface area contributed by atoms with E-state index in [4.69, 9.17) is 10.5 Å². The molecule has 0 aromatic carbocycles. The Kier molecular flexibility index (Phi) is 4.45. The van der Waals surface area contributed by atoms with Gasteiger partial charge in [0, 0.05) is 13.0 Å². The molecular weight excluding hydrogens is 222 g/mol. The highest BCUT2D eigenvalue weighted by Gasteiger charge is 2.15. The second-order valence-electron chi connectivity index (χ2n) is 4.58. The molecule has 0 fully saturated rings. The summed E-state index contributed by atoms with van der Waals surface area (Å²) in [6, 6.07) is 0. The molecule has 0 saturated carbocycles. The molecule has 1 amide bonds. The average molecular weight is 241 g/mol. The van der Waals surface area contributed by atoms with E-state index in [-0.39, 0.29) is 0 Å². The Morgan fingerprint density at radius 1 is 1.53 bits per heavy atom. The van der Waals surface area contributed by atoms with Gasteiger partial charge < -0.3 is 15.8 Å². The number of carbonyl (C=O) groups excluding carboxylic acids is 1. The standard InChI is InChI=1S/C10H19N5O2/c1-10(2,3)17-9(16)12-5-4-7-13-8(6-11)15-14-7/h4-6,11H2,1-3H3,(H,12,16)(H,13,14,15). The van der Waals surface area contributed by atoms with Crippen LogP contribution in [0.25, 0.3) is 0 Å². The van der Waals surface area contributed by atoms with E-state index in [0.29, 0.717) is 31.2 Å². The number of hydrogen-bond donors (Lipinski definition) is 3. The lowest BCUT2D eigenvalue weighted by atomic mass is 10.2. The van der Waals surface area contributed by atoms with Crippen LogP contribution in [0.3, 0.4) is 0 Å².